The number of piperidine rings is 2. The Kier molecular flexibility index (Phi) is 12.3. The maximum atomic E-state index is 12.8. The minimum Gasteiger partial charge on any atom is -0.497 e. The van der Waals surface area contributed by atoms with Gasteiger partial charge in [-0.2, -0.15) is 8.61 Å². The molecule has 266 valence electrons. The second kappa shape index (κ2) is 16.0. The van der Waals surface area contributed by atoms with Crippen LogP contribution < -0.4 is 14.8 Å². The van der Waals surface area contributed by atoms with Gasteiger partial charge < -0.3 is 19.9 Å². The van der Waals surface area contributed by atoms with Crippen molar-refractivity contribution >= 4 is 37.6 Å². The Morgan fingerprint density at radius 2 is 1.16 bits per heavy atom. The quantitative estimate of drug-likeness (QED) is 0.316. The van der Waals surface area contributed by atoms with Crippen molar-refractivity contribution in [3.63, 3.8) is 0 Å². The number of nitrogens with zero attached hydrogens (tertiary/aromatic N) is 2. The third kappa shape index (κ3) is 10.2. The number of hydrogen-bond donors (Lipinski definition) is 2. The van der Waals surface area contributed by atoms with Gasteiger partial charge in [0.15, 0.2) is 0 Å². The molecule has 0 aliphatic carbocycles. The second-order valence-corrected chi connectivity index (χ2v) is 15.1. The molecule has 0 aromatic heterocycles. The number of carbonyl (C=O) groups is 2. The monoisotopic (exact) mass is 727 g/mol. The Labute approximate surface area is 282 Å². The van der Waals surface area contributed by atoms with E-state index >= 15 is 0 Å². The van der Waals surface area contributed by atoms with E-state index in [-0.39, 0.29) is 47.6 Å². The van der Waals surface area contributed by atoms with Crippen LogP contribution in [0.25, 0.3) is 0 Å². The highest BCUT2D eigenvalue weighted by molar-refractivity contribution is 7.89. The summed E-state index contributed by atoms with van der Waals surface area (Å²) in [6.07, 6.45) is -3.37. The summed E-state index contributed by atoms with van der Waals surface area (Å²) in [5.74, 6) is -1.83. The average Bonchev–Trinajstić information content (AvgIpc) is 3.09. The first-order valence-corrected chi connectivity index (χ1v) is 18.1. The number of hydrogen-bond acceptors (Lipinski definition) is 8. The first kappa shape index (κ1) is 37.6. The third-order valence-electron chi connectivity index (χ3n) is 8.06. The Balaban J connectivity index is 0.000000254. The number of nitrogens with one attached hydrogen (secondary N) is 1. The number of carbonyl (C=O) groups excluding carboxylic acids is 1. The maximum Gasteiger partial charge on any atom is 0.573 e. The summed E-state index contributed by atoms with van der Waals surface area (Å²) < 4.78 is 98.2. The van der Waals surface area contributed by atoms with E-state index in [0.717, 1.165) is 12.1 Å². The van der Waals surface area contributed by atoms with Crippen molar-refractivity contribution in [2.75, 3.05) is 38.6 Å². The normalized spacial score (nSPS) is 17.0. The lowest BCUT2D eigenvalue weighted by molar-refractivity contribution is -0.274. The molecule has 2 saturated heterocycles. The molecule has 49 heavy (non-hydrogen) atoms. The molecule has 0 saturated carbocycles. The van der Waals surface area contributed by atoms with Crippen molar-refractivity contribution in [3.05, 3.63) is 78.9 Å². The van der Waals surface area contributed by atoms with Crippen LogP contribution in [0.4, 0.5) is 18.9 Å². The molecular weight excluding hydrogens is 691 g/mol. The molecule has 0 bridgehead atoms. The zero-order valence-corrected chi connectivity index (χ0v) is 28.0. The van der Waals surface area contributed by atoms with Gasteiger partial charge in [0.25, 0.3) is 0 Å². The summed E-state index contributed by atoms with van der Waals surface area (Å²) in [6, 6.07) is 19.1. The number of carboxylic acid groups (broad SMARTS) is 1. The van der Waals surface area contributed by atoms with Crippen molar-refractivity contribution in [2.45, 2.75) is 41.8 Å². The fourth-order valence-corrected chi connectivity index (χ4v) is 8.28. The standard InChI is InChI=1S/C20H21F3N2O5S.C12H15NO4S/c1-29-16-6-8-18(9-7-16)31(27,28)25-12-10-14(11-13-25)19(26)24-15-2-4-17(5-3-15)30-20(21,22)23;14-12(15)10-6-8-13(9-7-10)18(16,17)11-4-2-1-3-5-11/h2-9,14H,10-13H2,1H3,(H,24,26);1-5,10H,6-9H2,(H,14,15). The van der Waals surface area contributed by atoms with Crippen molar-refractivity contribution in [2.24, 2.45) is 11.8 Å². The van der Waals surface area contributed by atoms with E-state index in [1.807, 2.05) is 0 Å². The minimum atomic E-state index is -4.79. The van der Waals surface area contributed by atoms with Crippen molar-refractivity contribution in [3.8, 4) is 11.5 Å². The van der Waals surface area contributed by atoms with Gasteiger partial charge in [0.2, 0.25) is 26.0 Å². The summed E-state index contributed by atoms with van der Waals surface area (Å²) in [5.41, 5.74) is 0.327. The number of carboxylic acids is 1. The van der Waals surface area contributed by atoms with Crippen LogP contribution in [0, 0.1) is 11.8 Å². The zero-order chi connectivity index (χ0) is 35.8. The molecule has 0 unspecified atom stereocenters. The number of methoxy groups -OCH3 is 1. The third-order valence-corrected chi connectivity index (χ3v) is 11.9. The maximum absolute atomic E-state index is 12.8. The predicted octanol–water partition coefficient (Wildman–Crippen LogP) is 4.81. The van der Waals surface area contributed by atoms with Crippen LogP contribution in [0.3, 0.4) is 0 Å². The number of alkyl halides is 3. The smallest absolute Gasteiger partial charge is 0.497 e. The summed E-state index contributed by atoms with van der Waals surface area (Å²) >= 11 is 0. The van der Waals surface area contributed by atoms with Gasteiger partial charge in [0, 0.05) is 37.8 Å². The Morgan fingerprint density at radius 3 is 1.61 bits per heavy atom. The Morgan fingerprint density at radius 1 is 0.714 bits per heavy atom. The molecule has 12 nitrogen and oxygen atoms in total. The summed E-state index contributed by atoms with van der Waals surface area (Å²) in [7, 11) is -5.66. The van der Waals surface area contributed by atoms with E-state index in [2.05, 4.69) is 10.1 Å². The lowest BCUT2D eigenvalue weighted by atomic mass is 9.97. The van der Waals surface area contributed by atoms with Crippen LogP contribution in [0.2, 0.25) is 0 Å². The number of benzene rings is 3. The van der Waals surface area contributed by atoms with Crippen molar-refractivity contribution in [1.29, 1.82) is 0 Å². The number of rotatable bonds is 9. The highest BCUT2D eigenvalue weighted by atomic mass is 32.2. The van der Waals surface area contributed by atoms with Crippen LogP contribution in [-0.2, 0) is 29.6 Å². The largest absolute Gasteiger partial charge is 0.573 e. The Bertz CT molecular complexity index is 1780. The van der Waals surface area contributed by atoms with Crippen LogP contribution in [-0.4, -0.2) is 82.1 Å². The van der Waals surface area contributed by atoms with E-state index in [1.165, 1.54) is 40.0 Å². The highest BCUT2D eigenvalue weighted by Crippen LogP contribution is 2.28. The highest BCUT2D eigenvalue weighted by Gasteiger charge is 2.34. The molecule has 2 N–H and O–H groups in total. The second-order valence-electron chi connectivity index (χ2n) is 11.2. The summed E-state index contributed by atoms with van der Waals surface area (Å²) in [6.45, 7) is 0.915. The lowest BCUT2D eigenvalue weighted by Crippen LogP contribution is -2.41. The molecule has 0 spiro atoms. The molecule has 0 radical (unpaired) electrons. The van der Waals surface area contributed by atoms with Crippen molar-refractivity contribution < 1.29 is 54.2 Å². The first-order chi connectivity index (χ1) is 23.1. The van der Waals surface area contributed by atoms with E-state index in [1.54, 1.807) is 42.5 Å². The van der Waals surface area contributed by atoms with Gasteiger partial charge in [-0.1, -0.05) is 18.2 Å². The molecule has 1 amide bonds. The predicted molar refractivity (Wildman–Crippen MR) is 172 cm³/mol. The molecule has 3 aromatic carbocycles. The number of ether oxygens (including phenoxy) is 2. The first-order valence-electron chi connectivity index (χ1n) is 15.2. The van der Waals surface area contributed by atoms with E-state index in [0.29, 0.717) is 37.1 Å². The minimum absolute atomic E-state index is 0.150. The van der Waals surface area contributed by atoms with Crippen LogP contribution in [0.1, 0.15) is 25.7 Å². The van der Waals surface area contributed by atoms with Gasteiger partial charge >= 0.3 is 12.3 Å². The topological polar surface area (TPSA) is 160 Å². The number of amides is 1. The number of halogens is 3. The van der Waals surface area contributed by atoms with Gasteiger partial charge in [0.05, 0.1) is 22.8 Å². The number of aliphatic carboxylic acids is 1. The van der Waals surface area contributed by atoms with E-state index in [4.69, 9.17) is 9.84 Å². The van der Waals surface area contributed by atoms with Gasteiger partial charge in [-0.05, 0) is 86.3 Å². The van der Waals surface area contributed by atoms with Gasteiger partial charge in [-0.15, -0.1) is 13.2 Å². The fraction of sp³-hybridized carbons (Fsp3) is 0.375. The van der Waals surface area contributed by atoms with Gasteiger partial charge in [-0.3, -0.25) is 9.59 Å². The molecule has 3 aromatic rings. The van der Waals surface area contributed by atoms with E-state index < -0.39 is 44.2 Å². The van der Waals surface area contributed by atoms with Gasteiger partial charge in [-0.25, -0.2) is 16.8 Å². The van der Waals surface area contributed by atoms with Gasteiger partial charge in [0.1, 0.15) is 11.5 Å². The molecule has 2 fully saturated rings. The van der Waals surface area contributed by atoms with Crippen LogP contribution in [0.5, 0.6) is 11.5 Å². The number of anilines is 1. The summed E-state index contributed by atoms with van der Waals surface area (Å²) in [5, 5.41) is 11.5. The number of sulfonamides is 2. The molecule has 5 rings (SSSR count). The lowest BCUT2D eigenvalue weighted by Gasteiger charge is -2.30. The molecule has 17 heteroatoms. The van der Waals surface area contributed by atoms with Crippen molar-refractivity contribution in [1.82, 2.24) is 8.61 Å². The SMILES string of the molecule is COc1ccc(S(=O)(=O)N2CCC(C(=O)Nc3ccc(OC(F)(F)F)cc3)CC2)cc1.O=C(O)C1CCN(S(=O)(=O)c2ccccc2)CC1. The average molecular weight is 728 g/mol. The van der Waals surface area contributed by atoms with Crippen LogP contribution in [0.15, 0.2) is 88.7 Å². The molecule has 2 aliphatic heterocycles. The fourth-order valence-electron chi connectivity index (χ4n) is 5.32. The molecule has 2 heterocycles. The van der Waals surface area contributed by atoms with Crippen LogP contribution >= 0.6 is 0 Å². The molecular formula is C32H36F3N3O9S2. The zero-order valence-electron chi connectivity index (χ0n) is 26.4. The summed E-state index contributed by atoms with van der Waals surface area (Å²) in [4.78, 5) is 23.7. The van der Waals surface area contributed by atoms with E-state index in [9.17, 15) is 39.6 Å². The molecule has 0 atom stereocenters. The molecule has 2 aliphatic rings. The Hall–Kier alpha value is -4.19.